The molecule has 1 N–H and O–H groups in total. The third kappa shape index (κ3) is 5.37. The minimum atomic E-state index is -0.311. The second kappa shape index (κ2) is 11.0. The molecule has 1 heterocycles. The van der Waals surface area contributed by atoms with E-state index < -0.39 is 0 Å². The molecular weight excluding hydrogens is 404 g/mol. The van der Waals surface area contributed by atoms with Crippen LogP contribution in [0.3, 0.4) is 0 Å². The van der Waals surface area contributed by atoms with Crippen molar-refractivity contribution in [2.75, 3.05) is 32.2 Å². The molecule has 2 aromatic carbocycles. The monoisotopic (exact) mass is 436 g/mol. The van der Waals surface area contributed by atoms with Crippen LogP contribution in [-0.4, -0.2) is 43.6 Å². The van der Waals surface area contributed by atoms with E-state index in [0.717, 1.165) is 29.7 Å². The molecule has 170 valence electrons. The van der Waals surface area contributed by atoms with Gasteiger partial charge in [0.05, 0.1) is 12.7 Å². The Balaban J connectivity index is 1.86. The predicted octanol–water partition coefficient (Wildman–Crippen LogP) is 4.71. The summed E-state index contributed by atoms with van der Waals surface area (Å²) in [5.41, 5.74) is 4.31. The molecule has 2 amide bonds. The fourth-order valence-corrected chi connectivity index (χ4v) is 3.68. The second-order valence-electron chi connectivity index (χ2n) is 8.00. The summed E-state index contributed by atoms with van der Waals surface area (Å²) in [5.74, 6) is 0.0893. The molecule has 1 aliphatic heterocycles. The largest absolute Gasteiger partial charge is 0.497 e. The Morgan fingerprint density at radius 1 is 0.938 bits per heavy atom. The average Bonchev–Trinajstić information content (AvgIpc) is 3.02. The summed E-state index contributed by atoms with van der Waals surface area (Å²) in [4.78, 5) is 27.9. The number of anilines is 1. The molecule has 0 fully saturated rings. The van der Waals surface area contributed by atoms with Gasteiger partial charge < -0.3 is 14.8 Å². The standard InChI is InChI=1S/C26H32N2O4/c1-5-6-15-32-16-7-14-28-25(29)23(20-9-11-21(31-4)12-10-20)24(26(28)30)27-22-13-8-18(2)17-19(22)3/h8-13,17,27H,5-7,14-16H2,1-4H3. The van der Waals surface area contributed by atoms with Crippen molar-refractivity contribution in [1.82, 2.24) is 4.90 Å². The van der Waals surface area contributed by atoms with E-state index in [2.05, 4.69) is 12.2 Å². The Hall–Kier alpha value is -3.12. The number of benzene rings is 2. The normalized spacial score (nSPS) is 13.8. The van der Waals surface area contributed by atoms with Gasteiger partial charge in [0.2, 0.25) is 0 Å². The molecular formula is C26H32N2O4. The van der Waals surface area contributed by atoms with Crippen molar-refractivity contribution in [3.05, 3.63) is 64.9 Å². The van der Waals surface area contributed by atoms with Crippen molar-refractivity contribution in [1.29, 1.82) is 0 Å². The van der Waals surface area contributed by atoms with Gasteiger partial charge in [-0.05, 0) is 56.0 Å². The van der Waals surface area contributed by atoms with Crippen LogP contribution < -0.4 is 10.1 Å². The molecule has 0 radical (unpaired) electrons. The van der Waals surface area contributed by atoms with Crippen LogP contribution in [0.4, 0.5) is 5.69 Å². The minimum absolute atomic E-state index is 0.291. The third-order valence-corrected chi connectivity index (χ3v) is 5.50. The van der Waals surface area contributed by atoms with Crippen LogP contribution >= 0.6 is 0 Å². The number of carbonyl (C=O) groups is 2. The highest BCUT2D eigenvalue weighted by molar-refractivity contribution is 6.36. The molecule has 0 bridgehead atoms. The zero-order chi connectivity index (χ0) is 23.1. The lowest BCUT2D eigenvalue weighted by Gasteiger charge is -2.16. The maximum absolute atomic E-state index is 13.3. The molecule has 2 aromatic rings. The van der Waals surface area contributed by atoms with E-state index in [1.165, 1.54) is 4.90 Å². The Labute approximate surface area is 190 Å². The summed E-state index contributed by atoms with van der Waals surface area (Å²) in [6.45, 7) is 7.66. The van der Waals surface area contributed by atoms with E-state index in [9.17, 15) is 9.59 Å². The van der Waals surface area contributed by atoms with Gasteiger partial charge in [-0.25, -0.2) is 0 Å². The van der Waals surface area contributed by atoms with Gasteiger partial charge in [0.15, 0.2) is 0 Å². The first-order chi connectivity index (χ1) is 15.5. The van der Waals surface area contributed by atoms with Crippen molar-refractivity contribution < 1.29 is 19.1 Å². The minimum Gasteiger partial charge on any atom is -0.497 e. The summed E-state index contributed by atoms with van der Waals surface area (Å²) in [7, 11) is 1.59. The van der Waals surface area contributed by atoms with Gasteiger partial charge in [-0.3, -0.25) is 14.5 Å². The number of rotatable bonds is 11. The van der Waals surface area contributed by atoms with Crippen LogP contribution in [0.1, 0.15) is 42.9 Å². The Morgan fingerprint density at radius 3 is 2.31 bits per heavy atom. The van der Waals surface area contributed by atoms with E-state index in [4.69, 9.17) is 9.47 Å². The van der Waals surface area contributed by atoms with Crippen molar-refractivity contribution >= 4 is 23.1 Å². The molecule has 0 saturated carbocycles. The van der Waals surface area contributed by atoms with Crippen LogP contribution in [0.2, 0.25) is 0 Å². The SMILES string of the molecule is CCCCOCCCN1C(=O)C(Nc2ccc(C)cc2C)=C(c2ccc(OC)cc2)C1=O. The highest BCUT2D eigenvalue weighted by Crippen LogP contribution is 2.32. The second-order valence-corrected chi connectivity index (χ2v) is 8.00. The van der Waals surface area contributed by atoms with E-state index in [1.54, 1.807) is 31.4 Å². The summed E-state index contributed by atoms with van der Waals surface area (Å²) < 4.78 is 10.8. The number of hydrogen-bond donors (Lipinski definition) is 1. The predicted molar refractivity (Wildman–Crippen MR) is 127 cm³/mol. The summed E-state index contributed by atoms with van der Waals surface area (Å²) in [5, 5.41) is 3.25. The highest BCUT2D eigenvalue weighted by Gasteiger charge is 2.39. The number of nitrogens with zero attached hydrogens (tertiary/aromatic N) is 1. The third-order valence-electron chi connectivity index (χ3n) is 5.50. The summed E-state index contributed by atoms with van der Waals surface area (Å²) >= 11 is 0. The zero-order valence-electron chi connectivity index (χ0n) is 19.4. The molecule has 0 spiro atoms. The maximum atomic E-state index is 13.3. The fraction of sp³-hybridized carbons (Fsp3) is 0.385. The van der Waals surface area contributed by atoms with Crippen LogP contribution in [0, 0.1) is 13.8 Å². The molecule has 32 heavy (non-hydrogen) atoms. The lowest BCUT2D eigenvalue weighted by molar-refractivity contribution is -0.137. The first-order valence-electron chi connectivity index (χ1n) is 11.1. The van der Waals surface area contributed by atoms with Crippen LogP contribution in [0.15, 0.2) is 48.2 Å². The molecule has 0 saturated heterocycles. The number of nitrogens with one attached hydrogen (secondary N) is 1. The molecule has 6 heteroatoms. The number of aryl methyl sites for hydroxylation is 2. The highest BCUT2D eigenvalue weighted by atomic mass is 16.5. The molecule has 0 atom stereocenters. The topological polar surface area (TPSA) is 67.9 Å². The molecule has 0 aliphatic carbocycles. The van der Waals surface area contributed by atoms with Gasteiger partial charge in [0.1, 0.15) is 11.4 Å². The Morgan fingerprint density at radius 2 is 1.66 bits per heavy atom. The van der Waals surface area contributed by atoms with Gasteiger partial charge in [-0.2, -0.15) is 0 Å². The van der Waals surface area contributed by atoms with Crippen LogP contribution in [0.5, 0.6) is 5.75 Å². The van der Waals surface area contributed by atoms with Crippen LogP contribution in [-0.2, 0) is 14.3 Å². The van der Waals surface area contributed by atoms with Gasteiger partial charge >= 0.3 is 0 Å². The number of imide groups is 1. The van der Waals surface area contributed by atoms with Crippen molar-refractivity contribution in [2.24, 2.45) is 0 Å². The van der Waals surface area contributed by atoms with Gasteiger partial charge in [-0.15, -0.1) is 0 Å². The number of unbranched alkanes of at least 4 members (excludes halogenated alkanes) is 1. The molecule has 0 unspecified atom stereocenters. The lowest BCUT2D eigenvalue weighted by atomic mass is 10.0. The fourth-order valence-electron chi connectivity index (χ4n) is 3.68. The average molecular weight is 437 g/mol. The van der Waals surface area contributed by atoms with E-state index in [-0.39, 0.29) is 11.8 Å². The zero-order valence-corrected chi connectivity index (χ0v) is 19.4. The van der Waals surface area contributed by atoms with Crippen molar-refractivity contribution in [2.45, 2.75) is 40.0 Å². The Kier molecular flexibility index (Phi) is 8.06. The molecule has 6 nitrogen and oxygen atoms in total. The van der Waals surface area contributed by atoms with Crippen molar-refractivity contribution in [3.8, 4) is 5.75 Å². The Bertz CT molecular complexity index is 995. The van der Waals surface area contributed by atoms with Gasteiger partial charge in [-0.1, -0.05) is 43.2 Å². The molecule has 0 aromatic heterocycles. The maximum Gasteiger partial charge on any atom is 0.278 e. The van der Waals surface area contributed by atoms with E-state index >= 15 is 0 Å². The number of methoxy groups -OCH3 is 1. The lowest BCUT2D eigenvalue weighted by Crippen LogP contribution is -2.34. The quantitative estimate of drug-likeness (QED) is 0.408. The number of amides is 2. The van der Waals surface area contributed by atoms with Gasteiger partial charge in [0, 0.05) is 25.4 Å². The van der Waals surface area contributed by atoms with Crippen LogP contribution in [0.25, 0.3) is 5.57 Å². The number of hydrogen-bond acceptors (Lipinski definition) is 5. The molecule has 1 aliphatic rings. The smallest absolute Gasteiger partial charge is 0.278 e. The number of ether oxygens (including phenoxy) is 2. The van der Waals surface area contributed by atoms with E-state index in [0.29, 0.717) is 48.8 Å². The van der Waals surface area contributed by atoms with Crippen molar-refractivity contribution in [3.63, 3.8) is 0 Å². The number of carbonyl (C=O) groups excluding carboxylic acids is 2. The first kappa shape index (κ1) is 23.5. The van der Waals surface area contributed by atoms with Gasteiger partial charge in [0.25, 0.3) is 11.8 Å². The molecule has 3 rings (SSSR count). The summed E-state index contributed by atoms with van der Waals surface area (Å²) in [6, 6.07) is 13.2. The summed E-state index contributed by atoms with van der Waals surface area (Å²) in [6.07, 6.45) is 2.69. The first-order valence-corrected chi connectivity index (χ1v) is 11.1. The van der Waals surface area contributed by atoms with E-state index in [1.807, 2.05) is 32.0 Å².